The Morgan fingerprint density at radius 3 is 2.48 bits per heavy atom. The molecule has 1 aromatic rings. The van der Waals surface area contributed by atoms with E-state index in [0.29, 0.717) is 13.2 Å². The molecule has 1 aliphatic heterocycles. The molecule has 0 N–H and O–H groups in total. The van der Waals surface area contributed by atoms with E-state index in [9.17, 15) is 4.79 Å². The highest BCUT2D eigenvalue weighted by Crippen LogP contribution is 2.26. The van der Waals surface area contributed by atoms with Crippen LogP contribution in [-0.4, -0.2) is 25.5 Å². The van der Waals surface area contributed by atoms with Crippen LogP contribution in [0.15, 0.2) is 18.2 Å². The summed E-state index contributed by atoms with van der Waals surface area (Å²) in [6, 6.07) is 4.21. The summed E-state index contributed by atoms with van der Waals surface area (Å²) in [5.74, 6) is -0.166. The largest absolute Gasteiger partial charge is 0.460 e. The average molecular weight is 375 g/mol. The smallest absolute Gasteiger partial charge is 0.311 e. The molecule has 0 aromatic heterocycles. The molecule has 1 aromatic carbocycles. The summed E-state index contributed by atoms with van der Waals surface area (Å²) >= 11 is 0. The molecular weight excluding hydrogens is 340 g/mol. The van der Waals surface area contributed by atoms with E-state index in [0.717, 1.165) is 28.7 Å². The average Bonchev–Trinajstić information content (AvgIpc) is 2.59. The number of aryl methyl sites for hydroxylation is 2. The molecule has 1 aliphatic rings. The third-order valence-electron chi connectivity index (χ3n) is 5.11. The first-order valence-electron chi connectivity index (χ1n) is 9.73. The van der Waals surface area contributed by atoms with Crippen molar-refractivity contribution in [3.63, 3.8) is 0 Å². The number of carbonyl (C=O) groups is 1. The topological polar surface area (TPSA) is 44.8 Å². The van der Waals surface area contributed by atoms with E-state index in [1.807, 2.05) is 32.9 Å². The molecule has 0 aliphatic carbocycles. The molecule has 0 amide bonds. The summed E-state index contributed by atoms with van der Waals surface area (Å²) in [7, 11) is 0. The molecule has 0 spiro atoms. The fourth-order valence-electron chi connectivity index (χ4n) is 2.90. The van der Waals surface area contributed by atoms with Gasteiger partial charge < -0.3 is 14.2 Å². The molecular formula is C23H34O4. The maximum atomic E-state index is 12.3. The molecule has 2 rings (SSSR count). The number of rotatable bonds is 6. The maximum Gasteiger partial charge on any atom is 0.311 e. The van der Waals surface area contributed by atoms with Crippen LogP contribution < -0.4 is 0 Å². The van der Waals surface area contributed by atoms with Gasteiger partial charge in [-0.3, -0.25) is 4.79 Å². The second-order valence-corrected chi connectivity index (χ2v) is 8.98. The van der Waals surface area contributed by atoms with Crippen molar-refractivity contribution in [2.75, 3.05) is 13.2 Å². The number of hydrogen-bond acceptors (Lipinski definition) is 4. The van der Waals surface area contributed by atoms with E-state index in [1.165, 1.54) is 0 Å². The molecule has 0 radical (unpaired) electrons. The normalized spacial score (nSPS) is 18.0. The first-order valence-corrected chi connectivity index (χ1v) is 9.73. The SMILES string of the molecule is CCC(C)(C)C(=O)OCc1cc(C)cc(C)c1/C=C/C1OCC(C)(C)CO1. The summed E-state index contributed by atoms with van der Waals surface area (Å²) < 4.78 is 17.2. The Kier molecular flexibility index (Phi) is 6.87. The van der Waals surface area contributed by atoms with Crippen molar-refractivity contribution in [3.8, 4) is 0 Å². The minimum atomic E-state index is -0.467. The molecule has 0 unspecified atom stereocenters. The van der Waals surface area contributed by atoms with Crippen LogP contribution in [0.4, 0.5) is 0 Å². The van der Waals surface area contributed by atoms with Crippen molar-refractivity contribution in [2.45, 2.75) is 67.8 Å². The number of esters is 1. The first kappa shape index (κ1) is 21.6. The number of hydrogen-bond donors (Lipinski definition) is 0. The van der Waals surface area contributed by atoms with Crippen LogP contribution in [0.1, 0.15) is 63.3 Å². The summed E-state index contributed by atoms with van der Waals surface area (Å²) in [5.41, 5.74) is 3.93. The van der Waals surface area contributed by atoms with Gasteiger partial charge in [-0.25, -0.2) is 0 Å². The standard InChI is InChI=1S/C23H34O4/c1-8-23(6,7)21(24)25-13-18-12-16(2)11-17(3)19(18)9-10-20-26-14-22(4,5)15-27-20/h9-12,20H,8,13-15H2,1-7H3/b10-9+. The highest BCUT2D eigenvalue weighted by molar-refractivity contribution is 5.76. The molecule has 1 saturated heterocycles. The Balaban J connectivity index is 2.14. The van der Waals surface area contributed by atoms with Crippen molar-refractivity contribution in [2.24, 2.45) is 10.8 Å². The zero-order valence-electron chi connectivity index (χ0n) is 17.8. The predicted molar refractivity (Wildman–Crippen MR) is 108 cm³/mol. The van der Waals surface area contributed by atoms with Gasteiger partial charge in [0.15, 0.2) is 6.29 Å². The summed E-state index contributed by atoms with van der Waals surface area (Å²) in [6.07, 6.45) is 4.37. The van der Waals surface area contributed by atoms with E-state index >= 15 is 0 Å². The Hall–Kier alpha value is -1.65. The van der Waals surface area contributed by atoms with Gasteiger partial charge in [-0.15, -0.1) is 0 Å². The van der Waals surface area contributed by atoms with Crippen LogP contribution in [0.3, 0.4) is 0 Å². The predicted octanol–water partition coefficient (Wildman–Crippen LogP) is 5.20. The van der Waals surface area contributed by atoms with Crippen LogP contribution in [0.5, 0.6) is 0 Å². The monoisotopic (exact) mass is 374 g/mol. The molecule has 1 fully saturated rings. The van der Waals surface area contributed by atoms with Crippen LogP contribution in [-0.2, 0) is 25.6 Å². The molecule has 4 nitrogen and oxygen atoms in total. The van der Waals surface area contributed by atoms with E-state index in [-0.39, 0.29) is 24.3 Å². The summed E-state index contributed by atoms with van der Waals surface area (Å²) in [6.45, 7) is 15.8. The lowest BCUT2D eigenvalue weighted by Gasteiger charge is -2.33. The van der Waals surface area contributed by atoms with Crippen molar-refractivity contribution < 1.29 is 19.0 Å². The maximum absolute atomic E-state index is 12.3. The second kappa shape index (κ2) is 8.57. The summed E-state index contributed by atoms with van der Waals surface area (Å²) in [4.78, 5) is 12.3. The third-order valence-corrected chi connectivity index (χ3v) is 5.11. The van der Waals surface area contributed by atoms with E-state index < -0.39 is 5.41 Å². The molecule has 0 bridgehead atoms. The van der Waals surface area contributed by atoms with Gasteiger partial charge in [-0.05, 0) is 56.9 Å². The van der Waals surface area contributed by atoms with Gasteiger partial charge in [0.2, 0.25) is 0 Å². The highest BCUT2D eigenvalue weighted by Gasteiger charge is 2.28. The van der Waals surface area contributed by atoms with E-state index in [1.54, 1.807) is 0 Å². The van der Waals surface area contributed by atoms with Gasteiger partial charge in [-0.2, -0.15) is 0 Å². The summed E-state index contributed by atoms with van der Waals surface area (Å²) in [5, 5.41) is 0. The van der Waals surface area contributed by atoms with Gasteiger partial charge in [0.05, 0.1) is 18.6 Å². The molecule has 0 saturated carbocycles. The fraction of sp³-hybridized carbons (Fsp3) is 0.609. The van der Waals surface area contributed by atoms with Gasteiger partial charge in [-0.1, -0.05) is 44.5 Å². The van der Waals surface area contributed by atoms with Gasteiger partial charge >= 0.3 is 5.97 Å². The Labute approximate surface area is 163 Å². The zero-order chi connectivity index (χ0) is 20.2. The number of ether oxygens (including phenoxy) is 3. The third kappa shape index (κ3) is 5.91. The van der Waals surface area contributed by atoms with Crippen molar-refractivity contribution in [1.82, 2.24) is 0 Å². The number of carbonyl (C=O) groups excluding carboxylic acids is 1. The van der Waals surface area contributed by atoms with Crippen molar-refractivity contribution >= 4 is 12.0 Å². The quantitative estimate of drug-likeness (QED) is 0.642. The lowest BCUT2D eigenvalue weighted by atomic mass is 9.90. The zero-order valence-corrected chi connectivity index (χ0v) is 17.8. The minimum Gasteiger partial charge on any atom is -0.460 e. The molecule has 27 heavy (non-hydrogen) atoms. The molecule has 1 heterocycles. The lowest BCUT2D eigenvalue weighted by Crippen LogP contribution is -2.36. The van der Waals surface area contributed by atoms with Crippen molar-refractivity contribution in [3.05, 3.63) is 40.5 Å². The van der Waals surface area contributed by atoms with E-state index in [4.69, 9.17) is 14.2 Å². The molecule has 0 atom stereocenters. The van der Waals surface area contributed by atoms with Crippen molar-refractivity contribution in [1.29, 1.82) is 0 Å². The van der Waals surface area contributed by atoms with Gasteiger partial charge in [0.1, 0.15) is 6.61 Å². The molecule has 4 heteroatoms. The highest BCUT2D eigenvalue weighted by atomic mass is 16.7. The molecule has 150 valence electrons. The number of benzene rings is 1. The van der Waals surface area contributed by atoms with Crippen LogP contribution in [0.25, 0.3) is 6.08 Å². The Bertz CT molecular complexity index is 691. The minimum absolute atomic E-state index is 0.0511. The Morgan fingerprint density at radius 2 is 1.89 bits per heavy atom. The van der Waals surface area contributed by atoms with Crippen LogP contribution >= 0.6 is 0 Å². The fourth-order valence-corrected chi connectivity index (χ4v) is 2.90. The second-order valence-electron chi connectivity index (χ2n) is 8.98. The van der Waals surface area contributed by atoms with Crippen LogP contribution in [0, 0.1) is 24.7 Å². The van der Waals surface area contributed by atoms with Gasteiger partial charge in [0, 0.05) is 5.41 Å². The van der Waals surface area contributed by atoms with E-state index in [2.05, 4.69) is 39.8 Å². The lowest BCUT2D eigenvalue weighted by molar-refractivity contribution is -0.197. The van der Waals surface area contributed by atoms with Crippen LogP contribution in [0.2, 0.25) is 0 Å². The first-order chi connectivity index (χ1) is 12.5. The Morgan fingerprint density at radius 1 is 1.26 bits per heavy atom. The van der Waals surface area contributed by atoms with Gasteiger partial charge in [0.25, 0.3) is 0 Å².